The van der Waals surface area contributed by atoms with Gasteiger partial charge in [0, 0.05) is 63.3 Å². The lowest BCUT2D eigenvalue weighted by molar-refractivity contribution is -0.0738. The Hall–Kier alpha value is -1.86. The third kappa shape index (κ3) is 4.27. The van der Waals surface area contributed by atoms with Crippen molar-refractivity contribution in [1.82, 2.24) is 14.9 Å². The molecule has 1 aromatic rings. The van der Waals surface area contributed by atoms with Gasteiger partial charge in [0.05, 0.1) is 0 Å². The van der Waals surface area contributed by atoms with Gasteiger partial charge in [0.15, 0.2) is 0 Å². The predicted octanol–water partition coefficient (Wildman–Crippen LogP) is 2.71. The molecule has 1 N–H and O–H groups in total. The number of hydroxylamine groups is 2. The lowest BCUT2D eigenvalue weighted by Gasteiger charge is -2.38. The second kappa shape index (κ2) is 8.22. The Morgan fingerprint density at radius 2 is 1.77 bits per heavy atom. The molecule has 26 heavy (non-hydrogen) atoms. The van der Waals surface area contributed by atoms with Gasteiger partial charge in [-0.05, 0) is 31.7 Å². The van der Waals surface area contributed by atoms with E-state index < -0.39 is 6.09 Å². The van der Waals surface area contributed by atoms with Crippen LogP contribution >= 0.6 is 0 Å². The van der Waals surface area contributed by atoms with Gasteiger partial charge in [-0.2, -0.15) is 0 Å². The van der Waals surface area contributed by atoms with Crippen LogP contribution in [0, 0.1) is 0 Å². The van der Waals surface area contributed by atoms with Crippen LogP contribution in [0.25, 0.3) is 0 Å². The first-order chi connectivity index (χ1) is 12.8. The van der Waals surface area contributed by atoms with Crippen molar-refractivity contribution in [3.63, 3.8) is 0 Å². The number of carbonyl (C=O) groups is 1. The molecule has 3 fully saturated rings. The van der Waals surface area contributed by atoms with Crippen LogP contribution in [0.1, 0.15) is 38.5 Å². The van der Waals surface area contributed by atoms with Gasteiger partial charge < -0.3 is 9.74 Å². The van der Waals surface area contributed by atoms with Crippen molar-refractivity contribution in [3.05, 3.63) is 18.3 Å². The monoisotopic (exact) mass is 359 g/mol. The average molecular weight is 359 g/mol. The second-order valence-electron chi connectivity index (χ2n) is 7.50. The van der Waals surface area contributed by atoms with Crippen molar-refractivity contribution >= 4 is 17.6 Å². The number of hydrogen-bond donors (Lipinski definition) is 1. The van der Waals surface area contributed by atoms with Crippen LogP contribution in [0.3, 0.4) is 0 Å². The number of nitrogens with zero attached hydrogens (tertiary/aromatic N) is 4. The topological polar surface area (TPSA) is 60.9 Å². The molecule has 142 valence electrons. The Kier molecular flexibility index (Phi) is 5.55. The largest absolute Gasteiger partial charge is 0.430 e. The van der Waals surface area contributed by atoms with Crippen molar-refractivity contribution in [2.45, 2.75) is 44.6 Å². The van der Waals surface area contributed by atoms with E-state index in [1.54, 1.807) is 11.3 Å². The Morgan fingerprint density at radius 3 is 2.50 bits per heavy atom. The van der Waals surface area contributed by atoms with Gasteiger partial charge in [-0.15, -0.1) is 5.06 Å². The lowest BCUT2D eigenvalue weighted by atomic mass is 10.2. The van der Waals surface area contributed by atoms with Crippen LogP contribution < -0.4 is 10.2 Å². The van der Waals surface area contributed by atoms with Crippen LogP contribution in [0.5, 0.6) is 0 Å². The van der Waals surface area contributed by atoms with Crippen molar-refractivity contribution in [1.29, 1.82) is 0 Å². The highest BCUT2D eigenvalue weighted by Crippen LogP contribution is 2.25. The number of nitrogens with one attached hydrogen (secondary N) is 1. The van der Waals surface area contributed by atoms with E-state index in [0.29, 0.717) is 0 Å². The Labute approximate surface area is 155 Å². The highest BCUT2D eigenvalue weighted by atomic mass is 16.7. The summed E-state index contributed by atoms with van der Waals surface area (Å²) in [4.78, 5) is 26.8. The predicted molar refractivity (Wildman–Crippen MR) is 101 cm³/mol. The molecular formula is C19H29N5O2. The lowest BCUT2D eigenvalue weighted by Crippen LogP contribution is -2.50. The van der Waals surface area contributed by atoms with E-state index in [2.05, 4.69) is 20.1 Å². The summed E-state index contributed by atoms with van der Waals surface area (Å²) < 4.78 is 0. The summed E-state index contributed by atoms with van der Waals surface area (Å²) in [6.45, 7) is 5.82. The molecule has 3 heterocycles. The maximum atomic E-state index is 12.0. The molecular weight excluding hydrogens is 330 g/mol. The molecule has 0 spiro atoms. The number of pyridine rings is 1. The molecule has 0 aromatic carbocycles. The zero-order valence-electron chi connectivity index (χ0n) is 15.4. The normalized spacial score (nSPS) is 22.7. The first-order valence-corrected chi connectivity index (χ1v) is 9.97. The number of aromatic nitrogens is 1. The summed E-state index contributed by atoms with van der Waals surface area (Å²) in [6, 6.07) is 4.54. The molecule has 2 saturated heterocycles. The fourth-order valence-electron chi connectivity index (χ4n) is 4.29. The first-order valence-electron chi connectivity index (χ1n) is 9.97. The smallest absolute Gasteiger partial charge is 0.354 e. The minimum absolute atomic E-state index is 0.421. The summed E-state index contributed by atoms with van der Waals surface area (Å²) in [6.07, 6.45) is 8.98. The van der Waals surface area contributed by atoms with Crippen LogP contribution in [0.2, 0.25) is 0 Å². The molecule has 4 rings (SSSR count). The molecule has 7 nitrogen and oxygen atoms in total. The van der Waals surface area contributed by atoms with Gasteiger partial charge in [-0.1, -0.05) is 12.8 Å². The third-order valence-electron chi connectivity index (χ3n) is 5.75. The zero-order valence-corrected chi connectivity index (χ0v) is 15.4. The minimum atomic E-state index is -0.421. The molecule has 3 aliphatic rings. The molecule has 7 heteroatoms. The van der Waals surface area contributed by atoms with E-state index in [1.165, 1.54) is 25.7 Å². The van der Waals surface area contributed by atoms with Gasteiger partial charge in [-0.25, -0.2) is 9.78 Å². The summed E-state index contributed by atoms with van der Waals surface area (Å²) in [5.74, 6) is 0.926. The van der Waals surface area contributed by atoms with Gasteiger partial charge in [0.1, 0.15) is 5.82 Å². The molecule has 0 bridgehead atoms. The minimum Gasteiger partial charge on any atom is -0.354 e. The van der Waals surface area contributed by atoms with Crippen molar-refractivity contribution in [2.24, 2.45) is 0 Å². The maximum Gasteiger partial charge on any atom is 0.430 e. The third-order valence-corrected chi connectivity index (χ3v) is 5.75. The van der Waals surface area contributed by atoms with Gasteiger partial charge >= 0.3 is 6.09 Å². The fraction of sp³-hybridized carbons (Fsp3) is 0.684. The number of piperazine rings is 1. The molecule has 1 saturated carbocycles. The van der Waals surface area contributed by atoms with Crippen LogP contribution in [-0.2, 0) is 4.84 Å². The summed E-state index contributed by atoms with van der Waals surface area (Å²) >= 11 is 0. The van der Waals surface area contributed by atoms with Gasteiger partial charge in [0.25, 0.3) is 0 Å². The van der Waals surface area contributed by atoms with E-state index in [4.69, 9.17) is 4.84 Å². The van der Waals surface area contributed by atoms with E-state index in [0.717, 1.165) is 69.7 Å². The molecule has 2 aliphatic heterocycles. The van der Waals surface area contributed by atoms with E-state index in [1.807, 2.05) is 12.1 Å². The van der Waals surface area contributed by atoms with Crippen LogP contribution in [0.4, 0.5) is 16.3 Å². The number of amides is 1. The molecule has 0 radical (unpaired) electrons. The Bertz CT molecular complexity index is 606. The highest BCUT2D eigenvalue weighted by Gasteiger charge is 2.26. The van der Waals surface area contributed by atoms with Crippen LogP contribution in [0.15, 0.2) is 18.3 Å². The Balaban J connectivity index is 1.30. The molecule has 1 aliphatic carbocycles. The van der Waals surface area contributed by atoms with Crippen molar-refractivity contribution in [3.8, 4) is 0 Å². The van der Waals surface area contributed by atoms with Crippen molar-refractivity contribution < 1.29 is 9.63 Å². The zero-order chi connectivity index (χ0) is 17.8. The number of hydrogen-bond acceptors (Lipinski definition) is 6. The summed E-state index contributed by atoms with van der Waals surface area (Å²) in [5.41, 5.74) is 0.734. The molecule has 0 unspecified atom stereocenters. The summed E-state index contributed by atoms with van der Waals surface area (Å²) in [5, 5.41) is 4.54. The number of anilines is 2. The standard InChI is InChI=1S/C19H29N5O2/c25-19(26-24-9-3-4-10-24)21-16-7-8-20-18(15-16)23-13-11-22(12-14-23)17-5-1-2-6-17/h7-8,15,17H,1-6,9-14H2,(H,20,21,25). The van der Waals surface area contributed by atoms with Crippen molar-refractivity contribution in [2.75, 3.05) is 49.5 Å². The van der Waals surface area contributed by atoms with E-state index in [9.17, 15) is 4.79 Å². The second-order valence-corrected chi connectivity index (χ2v) is 7.50. The summed E-state index contributed by atoms with van der Waals surface area (Å²) in [7, 11) is 0. The fourth-order valence-corrected chi connectivity index (χ4v) is 4.29. The first kappa shape index (κ1) is 17.5. The van der Waals surface area contributed by atoms with Gasteiger partial charge in [0.2, 0.25) is 0 Å². The molecule has 1 aromatic heterocycles. The van der Waals surface area contributed by atoms with E-state index in [-0.39, 0.29) is 0 Å². The van der Waals surface area contributed by atoms with Gasteiger partial charge in [-0.3, -0.25) is 10.2 Å². The average Bonchev–Trinajstić information content (AvgIpc) is 3.36. The highest BCUT2D eigenvalue weighted by molar-refractivity contribution is 5.84. The molecule has 0 atom stereocenters. The Morgan fingerprint density at radius 1 is 1.04 bits per heavy atom. The van der Waals surface area contributed by atoms with E-state index >= 15 is 0 Å². The molecule has 1 amide bonds. The number of carbonyl (C=O) groups excluding carboxylic acids is 1. The number of rotatable bonds is 4. The maximum absolute atomic E-state index is 12.0. The van der Waals surface area contributed by atoms with Crippen LogP contribution in [-0.4, -0.2) is 66.4 Å². The SMILES string of the molecule is O=C(Nc1ccnc(N2CCN(C3CCCC3)CC2)c1)ON1CCCC1. The quantitative estimate of drug-likeness (QED) is 0.892.